The fraction of sp³-hybridized carbons (Fsp3) is 0.0667. The fourth-order valence-corrected chi connectivity index (χ4v) is 4.54. The summed E-state index contributed by atoms with van der Waals surface area (Å²) in [5.74, 6) is 0. The molecule has 160 valence electrons. The van der Waals surface area contributed by atoms with Crippen molar-refractivity contribution in [2.75, 3.05) is 0 Å². The molecule has 0 N–H and O–H groups in total. The Hall–Kier alpha value is -3.69. The van der Waals surface area contributed by atoms with Crippen molar-refractivity contribution in [1.82, 2.24) is 9.97 Å². The van der Waals surface area contributed by atoms with Gasteiger partial charge in [0.25, 0.3) is 0 Å². The van der Waals surface area contributed by atoms with Crippen molar-refractivity contribution in [2.45, 2.75) is 17.7 Å². The number of nitrogens with zero attached hydrogens (tertiary/aromatic N) is 2. The Morgan fingerprint density at radius 3 is 1.33 bits per heavy atom. The van der Waals surface area contributed by atoms with Gasteiger partial charge in [-0.2, -0.15) is 0 Å². The number of thiol groups is 1. The first kappa shape index (κ1) is 21.2. The van der Waals surface area contributed by atoms with Gasteiger partial charge in [-0.05, 0) is 59.4 Å². The van der Waals surface area contributed by atoms with Gasteiger partial charge in [-0.1, -0.05) is 78.9 Å². The van der Waals surface area contributed by atoms with E-state index in [2.05, 4.69) is 88.8 Å². The number of hydrogen-bond donors (Lipinski definition) is 1. The Kier molecular flexibility index (Phi) is 6.32. The minimum atomic E-state index is 0.807. The second kappa shape index (κ2) is 9.85. The number of pyridine rings is 2. The molecule has 2 aromatic heterocycles. The Morgan fingerprint density at radius 2 is 0.879 bits per heavy atom. The molecule has 2 nitrogen and oxygen atoms in total. The topological polar surface area (TPSA) is 25.8 Å². The summed E-state index contributed by atoms with van der Waals surface area (Å²) in [5, 5.41) is 0. The van der Waals surface area contributed by atoms with Crippen LogP contribution in [0.1, 0.15) is 22.3 Å². The standard InChI is InChI=1S/C30H24N2S/c33-30-24(20-22-10-1-3-14-26(22)28-16-5-7-18-31-28)12-9-13-25(30)21-23-11-2-4-15-27(23)29-17-6-8-19-32-29/h1-19,33H,20-21H2. The molecule has 3 aromatic carbocycles. The number of benzene rings is 3. The van der Waals surface area contributed by atoms with Crippen molar-refractivity contribution in [3.63, 3.8) is 0 Å². The SMILES string of the molecule is Sc1c(Cc2ccccc2-c2ccccn2)cccc1Cc1ccccc1-c1ccccn1. The average molecular weight is 445 g/mol. The van der Waals surface area contributed by atoms with Crippen LogP contribution in [0.15, 0.2) is 120 Å². The highest BCUT2D eigenvalue weighted by molar-refractivity contribution is 7.80. The predicted octanol–water partition coefficient (Wildman–Crippen LogP) is 7.28. The summed E-state index contributed by atoms with van der Waals surface area (Å²) in [5.41, 5.74) is 9.25. The molecular formula is C30H24N2S. The molecule has 0 amide bonds. The summed E-state index contributed by atoms with van der Waals surface area (Å²) in [4.78, 5) is 10.2. The summed E-state index contributed by atoms with van der Waals surface area (Å²) >= 11 is 4.98. The molecule has 0 aliphatic heterocycles. The first-order valence-corrected chi connectivity index (χ1v) is 11.5. The van der Waals surface area contributed by atoms with E-state index in [1.807, 2.05) is 36.7 Å². The highest BCUT2D eigenvalue weighted by Crippen LogP contribution is 2.30. The lowest BCUT2D eigenvalue weighted by Crippen LogP contribution is -1.99. The highest BCUT2D eigenvalue weighted by atomic mass is 32.1. The molecule has 0 radical (unpaired) electrons. The molecule has 2 heterocycles. The van der Waals surface area contributed by atoms with E-state index in [4.69, 9.17) is 12.6 Å². The molecular weight excluding hydrogens is 420 g/mol. The van der Waals surface area contributed by atoms with Gasteiger partial charge in [0.15, 0.2) is 0 Å². The van der Waals surface area contributed by atoms with Gasteiger partial charge in [-0.25, -0.2) is 0 Å². The Balaban J connectivity index is 1.47. The van der Waals surface area contributed by atoms with Crippen molar-refractivity contribution in [3.05, 3.63) is 138 Å². The summed E-state index contributed by atoms with van der Waals surface area (Å²) in [7, 11) is 0. The molecule has 5 aromatic rings. The Bertz CT molecular complexity index is 1260. The van der Waals surface area contributed by atoms with Crippen LogP contribution in [-0.2, 0) is 12.8 Å². The minimum Gasteiger partial charge on any atom is -0.256 e. The van der Waals surface area contributed by atoms with Crippen molar-refractivity contribution >= 4 is 12.6 Å². The maximum absolute atomic E-state index is 4.98. The normalized spacial score (nSPS) is 10.8. The van der Waals surface area contributed by atoms with Crippen LogP contribution in [0.5, 0.6) is 0 Å². The second-order valence-electron chi connectivity index (χ2n) is 8.02. The second-order valence-corrected chi connectivity index (χ2v) is 8.47. The third-order valence-corrected chi connectivity index (χ3v) is 6.46. The largest absolute Gasteiger partial charge is 0.256 e. The van der Waals surface area contributed by atoms with Crippen molar-refractivity contribution in [1.29, 1.82) is 0 Å². The van der Waals surface area contributed by atoms with Gasteiger partial charge >= 0.3 is 0 Å². The van der Waals surface area contributed by atoms with Crippen LogP contribution in [0, 0.1) is 0 Å². The molecule has 0 spiro atoms. The lowest BCUT2D eigenvalue weighted by molar-refractivity contribution is 1.05. The monoisotopic (exact) mass is 444 g/mol. The molecule has 0 saturated carbocycles. The van der Waals surface area contributed by atoms with Crippen LogP contribution in [0.3, 0.4) is 0 Å². The van der Waals surface area contributed by atoms with E-state index >= 15 is 0 Å². The highest BCUT2D eigenvalue weighted by Gasteiger charge is 2.12. The Morgan fingerprint density at radius 1 is 0.455 bits per heavy atom. The van der Waals surface area contributed by atoms with E-state index in [0.717, 1.165) is 40.3 Å². The summed E-state index contributed by atoms with van der Waals surface area (Å²) in [6.07, 6.45) is 5.30. The van der Waals surface area contributed by atoms with Gasteiger partial charge in [0.05, 0.1) is 11.4 Å². The zero-order valence-electron chi connectivity index (χ0n) is 18.2. The summed E-state index contributed by atoms with van der Waals surface area (Å²) in [6, 6.07) is 35.5. The molecule has 0 fully saturated rings. The van der Waals surface area contributed by atoms with E-state index < -0.39 is 0 Å². The van der Waals surface area contributed by atoms with Gasteiger partial charge in [0.2, 0.25) is 0 Å². The average Bonchev–Trinajstić information content (AvgIpc) is 2.88. The zero-order chi connectivity index (χ0) is 22.5. The molecule has 3 heteroatoms. The quantitative estimate of drug-likeness (QED) is 0.278. The molecule has 0 unspecified atom stereocenters. The van der Waals surface area contributed by atoms with Gasteiger partial charge in [0.1, 0.15) is 0 Å². The molecule has 0 aliphatic rings. The van der Waals surface area contributed by atoms with Crippen LogP contribution in [0.4, 0.5) is 0 Å². The van der Waals surface area contributed by atoms with Gasteiger partial charge < -0.3 is 0 Å². The smallest absolute Gasteiger partial charge is 0.0704 e. The van der Waals surface area contributed by atoms with Crippen molar-refractivity contribution < 1.29 is 0 Å². The van der Waals surface area contributed by atoms with E-state index in [1.54, 1.807) is 0 Å². The minimum absolute atomic E-state index is 0.807. The van der Waals surface area contributed by atoms with Crippen LogP contribution in [0.2, 0.25) is 0 Å². The molecule has 0 saturated heterocycles. The van der Waals surface area contributed by atoms with Crippen LogP contribution >= 0.6 is 12.6 Å². The van der Waals surface area contributed by atoms with Crippen LogP contribution in [-0.4, -0.2) is 9.97 Å². The molecule has 33 heavy (non-hydrogen) atoms. The molecule has 0 aliphatic carbocycles. The van der Waals surface area contributed by atoms with E-state index in [0.29, 0.717) is 0 Å². The predicted molar refractivity (Wildman–Crippen MR) is 139 cm³/mol. The maximum Gasteiger partial charge on any atom is 0.0704 e. The molecule has 0 atom stereocenters. The number of aromatic nitrogens is 2. The van der Waals surface area contributed by atoms with Crippen molar-refractivity contribution in [2.24, 2.45) is 0 Å². The summed E-state index contributed by atoms with van der Waals surface area (Å²) < 4.78 is 0. The summed E-state index contributed by atoms with van der Waals surface area (Å²) in [6.45, 7) is 0. The van der Waals surface area contributed by atoms with E-state index in [9.17, 15) is 0 Å². The number of rotatable bonds is 6. The van der Waals surface area contributed by atoms with Crippen molar-refractivity contribution in [3.8, 4) is 22.5 Å². The van der Waals surface area contributed by atoms with Crippen LogP contribution in [0.25, 0.3) is 22.5 Å². The number of hydrogen-bond acceptors (Lipinski definition) is 3. The van der Waals surface area contributed by atoms with Gasteiger partial charge in [-0.15, -0.1) is 12.6 Å². The third-order valence-electron chi connectivity index (χ3n) is 5.88. The third kappa shape index (κ3) is 4.74. The molecule has 5 rings (SSSR count). The van der Waals surface area contributed by atoms with Gasteiger partial charge in [0, 0.05) is 28.4 Å². The fourth-order valence-electron chi connectivity index (χ4n) is 4.23. The zero-order valence-corrected chi connectivity index (χ0v) is 19.1. The lowest BCUT2D eigenvalue weighted by Gasteiger charge is -2.15. The van der Waals surface area contributed by atoms with E-state index in [1.165, 1.54) is 22.3 Å². The first-order valence-electron chi connectivity index (χ1n) is 11.1. The van der Waals surface area contributed by atoms with E-state index in [-0.39, 0.29) is 0 Å². The molecule has 0 bridgehead atoms. The van der Waals surface area contributed by atoms with Gasteiger partial charge in [-0.3, -0.25) is 9.97 Å². The van der Waals surface area contributed by atoms with Crippen LogP contribution < -0.4 is 0 Å². The first-order chi connectivity index (χ1) is 16.3. The Labute approximate surface area is 200 Å². The maximum atomic E-state index is 4.98. The lowest BCUT2D eigenvalue weighted by atomic mass is 9.93.